The second kappa shape index (κ2) is 17.8. The van der Waals surface area contributed by atoms with Crippen molar-refractivity contribution in [2.45, 2.75) is 129 Å². The van der Waals surface area contributed by atoms with E-state index < -0.39 is 0 Å². The van der Waals surface area contributed by atoms with Gasteiger partial charge in [-0.05, 0) is 84.7 Å². The molecule has 2 heteroatoms. The molecule has 2 fully saturated rings. The first-order chi connectivity index (χ1) is 19.7. The number of benzene rings is 2. The fraction of sp³-hybridized carbons (Fsp3) is 0.684. The molecule has 0 unspecified atom stereocenters. The summed E-state index contributed by atoms with van der Waals surface area (Å²) in [7, 11) is 0. The molecule has 2 aliphatic carbocycles. The van der Waals surface area contributed by atoms with Crippen LogP contribution in [-0.2, 0) is 0 Å². The van der Waals surface area contributed by atoms with Crippen molar-refractivity contribution >= 4 is 0 Å². The third-order valence-corrected chi connectivity index (χ3v) is 9.94. The highest BCUT2D eigenvalue weighted by Crippen LogP contribution is 2.35. The van der Waals surface area contributed by atoms with Crippen LogP contribution >= 0.6 is 0 Å². The molecular formula is C38H58O2. The number of unbranched alkanes of at least 4 members (excludes halogenated alkanes) is 2. The summed E-state index contributed by atoms with van der Waals surface area (Å²) in [6, 6.07) is 17.2. The third-order valence-electron chi connectivity index (χ3n) is 9.94. The zero-order valence-corrected chi connectivity index (χ0v) is 25.9. The van der Waals surface area contributed by atoms with Gasteiger partial charge in [-0.3, -0.25) is 0 Å². The van der Waals surface area contributed by atoms with E-state index in [4.69, 9.17) is 9.47 Å². The fourth-order valence-corrected chi connectivity index (χ4v) is 7.32. The lowest BCUT2D eigenvalue weighted by Gasteiger charge is -2.28. The van der Waals surface area contributed by atoms with Gasteiger partial charge < -0.3 is 9.47 Å². The smallest absolute Gasteiger partial charge is 0.119 e. The molecule has 0 saturated heterocycles. The van der Waals surface area contributed by atoms with Crippen molar-refractivity contribution in [2.75, 3.05) is 13.2 Å². The molecule has 0 radical (unpaired) electrons. The monoisotopic (exact) mass is 546 g/mol. The molecule has 0 amide bonds. The molecule has 40 heavy (non-hydrogen) atoms. The van der Waals surface area contributed by atoms with Gasteiger partial charge in [-0.2, -0.15) is 0 Å². The van der Waals surface area contributed by atoms with E-state index in [1.807, 2.05) is 0 Å². The summed E-state index contributed by atoms with van der Waals surface area (Å²) < 4.78 is 12.2. The molecule has 222 valence electrons. The Kier molecular flexibility index (Phi) is 13.8. The van der Waals surface area contributed by atoms with Gasteiger partial charge in [0.1, 0.15) is 11.5 Å². The van der Waals surface area contributed by atoms with Crippen LogP contribution in [0, 0.1) is 23.7 Å². The van der Waals surface area contributed by atoms with Crippen LogP contribution in [0.5, 0.6) is 11.5 Å². The molecule has 4 rings (SSSR count). The lowest BCUT2D eigenvalue weighted by atomic mass is 9.78. The van der Waals surface area contributed by atoms with Crippen LogP contribution in [-0.4, -0.2) is 13.2 Å². The molecule has 2 saturated carbocycles. The standard InChI is InChI=1S/C38H58O2/c1-3-5-6-10-32-17-19-34(20-18-32)12-8-30-40-38-27-23-36(24-28-38)35-21-25-37(26-22-35)39-29-7-11-33-15-13-31(9-4-2)14-16-33/h21-28,31-34H,3-20,29-30H2,1-2H3/t31-,32-,33-,34-. The van der Waals surface area contributed by atoms with Gasteiger partial charge in [0.05, 0.1) is 13.2 Å². The van der Waals surface area contributed by atoms with Gasteiger partial charge in [-0.25, -0.2) is 0 Å². The summed E-state index contributed by atoms with van der Waals surface area (Å²) in [6.07, 6.45) is 25.0. The van der Waals surface area contributed by atoms with E-state index in [0.29, 0.717) is 0 Å². The van der Waals surface area contributed by atoms with Crippen molar-refractivity contribution in [3.05, 3.63) is 48.5 Å². The molecule has 2 aliphatic rings. The van der Waals surface area contributed by atoms with Crippen LogP contribution < -0.4 is 9.47 Å². The maximum absolute atomic E-state index is 6.09. The van der Waals surface area contributed by atoms with E-state index in [1.54, 1.807) is 0 Å². The van der Waals surface area contributed by atoms with E-state index in [9.17, 15) is 0 Å². The highest BCUT2D eigenvalue weighted by Gasteiger charge is 2.21. The maximum Gasteiger partial charge on any atom is 0.119 e. The summed E-state index contributed by atoms with van der Waals surface area (Å²) in [5, 5.41) is 0. The molecule has 0 N–H and O–H groups in total. The lowest BCUT2D eigenvalue weighted by molar-refractivity contribution is 0.228. The first-order valence-corrected chi connectivity index (χ1v) is 17.2. The maximum atomic E-state index is 6.09. The molecule has 2 aromatic rings. The van der Waals surface area contributed by atoms with Crippen LogP contribution in [0.4, 0.5) is 0 Å². The van der Waals surface area contributed by atoms with Gasteiger partial charge in [-0.15, -0.1) is 0 Å². The average Bonchev–Trinajstić information content (AvgIpc) is 3.00. The normalized spacial score (nSPS) is 23.1. The number of hydrogen-bond acceptors (Lipinski definition) is 2. The summed E-state index contributed by atoms with van der Waals surface area (Å²) in [6.45, 7) is 6.30. The van der Waals surface area contributed by atoms with E-state index in [0.717, 1.165) is 48.4 Å². The molecule has 0 atom stereocenters. The SMILES string of the molecule is CCCCC[C@H]1CC[C@H](CCCOc2ccc(-c3ccc(OCCC[C@H]4CC[C@H](CCC)CC4)cc3)cc2)CC1. The van der Waals surface area contributed by atoms with E-state index in [1.165, 1.54) is 127 Å². The number of rotatable bonds is 17. The minimum Gasteiger partial charge on any atom is -0.494 e. The second-order valence-electron chi connectivity index (χ2n) is 13.1. The van der Waals surface area contributed by atoms with Gasteiger partial charge in [0.15, 0.2) is 0 Å². The van der Waals surface area contributed by atoms with E-state index in [2.05, 4.69) is 62.4 Å². The third kappa shape index (κ3) is 10.8. The van der Waals surface area contributed by atoms with Crippen LogP contribution in [0.1, 0.15) is 129 Å². The van der Waals surface area contributed by atoms with Gasteiger partial charge in [0, 0.05) is 0 Å². The Hall–Kier alpha value is -1.96. The molecule has 0 heterocycles. The molecule has 0 spiro atoms. The zero-order valence-electron chi connectivity index (χ0n) is 25.9. The summed E-state index contributed by atoms with van der Waals surface area (Å²) >= 11 is 0. The molecule has 2 aromatic carbocycles. The molecule has 2 nitrogen and oxygen atoms in total. The molecular weight excluding hydrogens is 488 g/mol. The van der Waals surface area contributed by atoms with Gasteiger partial charge in [0.2, 0.25) is 0 Å². The summed E-state index contributed by atoms with van der Waals surface area (Å²) in [5.74, 6) is 5.84. The van der Waals surface area contributed by atoms with Crippen LogP contribution in [0.15, 0.2) is 48.5 Å². The minimum absolute atomic E-state index is 0.834. The zero-order chi connectivity index (χ0) is 27.8. The summed E-state index contributed by atoms with van der Waals surface area (Å²) in [4.78, 5) is 0. The molecule has 0 bridgehead atoms. The topological polar surface area (TPSA) is 18.5 Å². The van der Waals surface area contributed by atoms with E-state index >= 15 is 0 Å². The Morgan fingerprint density at radius 3 is 1.20 bits per heavy atom. The quantitative estimate of drug-likeness (QED) is 0.184. The highest BCUT2D eigenvalue weighted by atomic mass is 16.5. The predicted octanol–water partition coefficient (Wildman–Crippen LogP) is 11.7. The van der Waals surface area contributed by atoms with Crippen LogP contribution in [0.3, 0.4) is 0 Å². The Balaban J connectivity index is 1.07. The largest absolute Gasteiger partial charge is 0.494 e. The number of ether oxygens (including phenoxy) is 2. The molecule has 0 aromatic heterocycles. The van der Waals surface area contributed by atoms with Crippen molar-refractivity contribution in [2.24, 2.45) is 23.7 Å². The second-order valence-corrected chi connectivity index (χ2v) is 13.1. The lowest BCUT2D eigenvalue weighted by Crippen LogP contribution is -2.15. The van der Waals surface area contributed by atoms with Crippen LogP contribution in [0.2, 0.25) is 0 Å². The summed E-state index contributed by atoms with van der Waals surface area (Å²) in [5.41, 5.74) is 2.46. The Labute approximate surface area is 246 Å². The van der Waals surface area contributed by atoms with Gasteiger partial charge >= 0.3 is 0 Å². The molecule has 0 aliphatic heterocycles. The van der Waals surface area contributed by atoms with Crippen molar-refractivity contribution in [3.8, 4) is 22.6 Å². The van der Waals surface area contributed by atoms with Crippen LogP contribution in [0.25, 0.3) is 11.1 Å². The highest BCUT2D eigenvalue weighted by molar-refractivity contribution is 5.64. The Morgan fingerprint density at radius 1 is 0.450 bits per heavy atom. The van der Waals surface area contributed by atoms with Crippen molar-refractivity contribution in [3.63, 3.8) is 0 Å². The van der Waals surface area contributed by atoms with Crippen molar-refractivity contribution in [1.82, 2.24) is 0 Å². The predicted molar refractivity (Wildman–Crippen MR) is 171 cm³/mol. The van der Waals surface area contributed by atoms with E-state index in [-0.39, 0.29) is 0 Å². The average molecular weight is 547 g/mol. The van der Waals surface area contributed by atoms with Crippen molar-refractivity contribution in [1.29, 1.82) is 0 Å². The van der Waals surface area contributed by atoms with Gasteiger partial charge in [0.25, 0.3) is 0 Å². The van der Waals surface area contributed by atoms with Crippen molar-refractivity contribution < 1.29 is 9.47 Å². The first-order valence-electron chi connectivity index (χ1n) is 17.2. The number of hydrogen-bond donors (Lipinski definition) is 0. The fourth-order valence-electron chi connectivity index (χ4n) is 7.32. The first kappa shape index (κ1) is 31.0. The van der Waals surface area contributed by atoms with Gasteiger partial charge in [-0.1, -0.05) is 128 Å². The Morgan fingerprint density at radius 2 is 0.825 bits per heavy atom. The minimum atomic E-state index is 0.834. The Bertz CT molecular complexity index is 902.